The standard InChI is InChI=1S/C13H16ClN4/c1-8-5-10-11(6-9(8)14)17-13(16-10)12-7-18(2)4-3-15-12/h5-6,12H,3-4,7H2,1-2H3,(H,16,17). The van der Waals surface area contributed by atoms with E-state index >= 15 is 0 Å². The molecule has 1 atom stereocenters. The molecule has 1 radical (unpaired) electrons. The lowest BCUT2D eigenvalue weighted by Gasteiger charge is -2.28. The Kier molecular flexibility index (Phi) is 3.01. The van der Waals surface area contributed by atoms with Gasteiger partial charge in [0.15, 0.2) is 0 Å². The minimum Gasteiger partial charge on any atom is -0.341 e. The highest BCUT2D eigenvalue weighted by molar-refractivity contribution is 6.32. The number of rotatable bonds is 1. The van der Waals surface area contributed by atoms with E-state index in [-0.39, 0.29) is 6.04 Å². The number of aromatic nitrogens is 2. The van der Waals surface area contributed by atoms with Crippen LogP contribution in [-0.4, -0.2) is 41.5 Å². The van der Waals surface area contributed by atoms with E-state index in [2.05, 4.69) is 27.2 Å². The SMILES string of the molecule is Cc1cc2[nH]c(C3CN(C)CC[N]3)nc2cc1Cl. The molecule has 0 spiro atoms. The Balaban J connectivity index is 1.97. The first-order valence-electron chi connectivity index (χ1n) is 6.14. The van der Waals surface area contributed by atoms with Crippen LogP contribution in [0.15, 0.2) is 12.1 Å². The molecular weight excluding hydrogens is 248 g/mol. The first-order valence-corrected chi connectivity index (χ1v) is 6.52. The van der Waals surface area contributed by atoms with E-state index in [1.54, 1.807) is 0 Å². The topological polar surface area (TPSA) is 46.0 Å². The van der Waals surface area contributed by atoms with Crippen LogP contribution in [0.3, 0.4) is 0 Å². The van der Waals surface area contributed by atoms with Gasteiger partial charge in [-0.1, -0.05) is 11.6 Å². The van der Waals surface area contributed by atoms with Gasteiger partial charge in [-0.25, -0.2) is 10.3 Å². The van der Waals surface area contributed by atoms with Crippen LogP contribution in [0, 0.1) is 6.92 Å². The maximum atomic E-state index is 6.12. The van der Waals surface area contributed by atoms with Crippen LogP contribution in [0.4, 0.5) is 0 Å². The molecule has 0 amide bonds. The fourth-order valence-electron chi connectivity index (χ4n) is 2.32. The highest BCUT2D eigenvalue weighted by Gasteiger charge is 2.22. The summed E-state index contributed by atoms with van der Waals surface area (Å²) in [5.74, 6) is 0.943. The molecule has 1 aromatic heterocycles. The number of aryl methyl sites for hydroxylation is 1. The molecule has 1 aromatic carbocycles. The summed E-state index contributed by atoms with van der Waals surface area (Å²) in [4.78, 5) is 10.3. The number of halogens is 1. The van der Waals surface area contributed by atoms with Gasteiger partial charge in [0.25, 0.3) is 0 Å². The fraction of sp³-hybridized carbons (Fsp3) is 0.462. The molecule has 5 heteroatoms. The normalized spacial score (nSPS) is 21.6. The second kappa shape index (κ2) is 4.53. The summed E-state index contributed by atoms with van der Waals surface area (Å²) in [6.07, 6.45) is 0. The largest absolute Gasteiger partial charge is 0.341 e. The lowest BCUT2D eigenvalue weighted by Crippen LogP contribution is -2.40. The summed E-state index contributed by atoms with van der Waals surface area (Å²) in [7, 11) is 2.12. The van der Waals surface area contributed by atoms with Crippen molar-refractivity contribution >= 4 is 22.6 Å². The molecule has 1 N–H and O–H groups in total. The first-order chi connectivity index (χ1) is 8.63. The van der Waals surface area contributed by atoms with Crippen molar-refractivity contribution in [1.29, 1.82) is 0 Å². The summed E-state index contributed by atoms with van der Waals surface area (Å²) in [5.41, 5.74) is 3.02. The second-order valence-corrected chi connectivity index (χ2v) is 5.33. The van der Waals surface area contributed by atoms with Gasteiger partial charge in [-0.3, -0.25) is 0 Å². The van der Waals surface area contributed by atoms with Crippen LogP contribution in [0.1, 0.15) is 17.4 Å². The molecule has 2 heterocycles. The van der Waals surface area contributed by atoms with Crippen LogP contribution >= 0.6 is 11.6 Å². The number of hydrogen-bond acceptors (Lipinski definition) is 2. The van der Waals surface area contributed by atoms with Gasteiger partial charge in [0.05, 0.1) is 17.1 Å². The quantitative estimate of drug-likeness (QED) is 0.857. The number of nitrogens with zero attached hydrogens (tertiary/aromatic N) is 3. The van der Waals surface area contributed by atoms with Crippen LogP contribution < -0.4 is 5.32 Å². The smallest absolute Gasteiger partial charge is 0.127 e. The van der Waals surface area contributed by atoms with Crippen molar-refractivity contribution in [2.24, 2.45) is 0 Å². The predicted octanol–water partition coefficient (Wildman–Crippen LogP) is 2.12. The predicted molar refractivity (Wildman–Crippen MR) is 73.1 cm³/mol. The molecule has 95 valence electrons. The van der Waals surface area contributed by atoms with Gasteiger partial charge in [0.1, 0.15) is 5.82 Å². The van der Waals surface area contributed by atoms with Crippen molar-refractivity contribution in [2.45, 2.75) is 13.0 Å². The van der Waals surface area contributed by atoms with Gasteiger partial charge >= 0.3 is 0 Å². The van der Waals surface area contributed by atoms with Gasteiger partial charge in [-0.15, -0.1) is 0 Å². The average Bonchev–Trinajstić information content (AvgIpc) is 2.73. The molecule has 1 unspecified atom stereocenters. The molecule has 3 rings (SSSR count). The zero-order chi connectivity index (χ0) is 12.7. The van der Waals surface area contributed by atoms with Crippen molar-refractivity contribution in [3.05, 3.63) is 28.5 Å². The van der Waals surface area contributed by atoms with Gasteiger partial charge in [0, 0.05) is 24.7 Å². The molecule has 4 nitrogen and oxygen atoms in total. The number of piperazine rings is 1. The lowest BCUT2D eigenvalue weighted by molar-refractivity contribution is 0.232. The molecule has 1 aliphatic heterocycles. The van der Waals surface area contributed by atoms with Crippen LogP contribution in [0.2, 0.25) is 5.02 Å². The highest BCUT2D eigenvalue weighted by Crippen LogP contribution is 2.24. The number of imidazole rings is 1. The maximum Gasteiger partial charge on any atom is 0.127 e. The molecule has 0 bridgehead atoms. The first kappa shape index (κ1) is 12.0. The van der Waals surface area contributed by atoms with Crippen LogP contribution in [0.25, 0.3) is 11.0 Å². The van der Waals surface area contributed by atoms with E-state index in [4.69, 9.17) is 11.6 Å². The summed E-state index contributed by atoms with van der Waals surface area (Å²) in [6.45, 7) is 4.83. The minimum atomic E-state index is 0.148. The maximum absolute atomic E-state index is 6.12. The zero-order valence-corrected chi connectivity index (χ0v) is 11.3. The number of H-pyrrole nitrogens is 1. The summed E-state index contributed by atoms with van der Waals surface area (Å²) in [6, 6.07) is 4.11. The van der Waals surface area contributed by atoms with Crippen LogP contribution in [-0.2, 0) is 0 Å². The van der Waals surface area contributed by atoms with Crippen molar-refractivity contribution < 1.29 is 0 Å². The molecular formula is C13H16ClN4. The van der Waals surface area contributed by atoms with Crippen molar-refractivity contribution in [2.75, 3.05) is 26.7 Å². The van der Waals surface area contributed by atoms with E-state index < -0.39 is 0 Å². The Hall–Kier alpha value is -1.10. The number of aromatic amines is 1. The Morgan fingerprint density at radius 2 is 2.28 bits per heavy atom. The van der Waals surface area contributed by atoms with Crippen LogP contribution in [0.5, 0.6) is 0 Å². The third-order valence-corrected chi connectivity index (χ3v) is 3.82. The lowest BCUT2D eigenvalue weighted by atomic mass is 10.2. The molecule has 1 aliphatic rings. The molecule has 1 fully saturated rings. The fourth-order valence-corrected chi connectivity index (χ4v) is 2.48. The summed E-state index contributed by atoms with van der Waals surface area (Å²) in [5, 5.41) is 5.38. The van der Waals surface area contributed by atoms with E-state index in [1.807, 2.05) is 19.1 Å². The van der Waals surface area contributed by atoms with Gasteiger partial charge in [-0.2, -0.15) is 0 Å². The van der Waals surface area contributed by atoms with Crippen molar-refractivity contribution in [3.8, 4) is 0 Å². The highest BCUT2D eigenvalue weighted by atomic mass is 35.5. The Morgan fingerprint density at radius 3 is 3.06 bits per heavy atom. The average molecular weight is 264 g/mol. The van der Waals surface area contributed by atoms with Gasteiger partial charge in [-0.05, 0) is 31.7 Å². The molecule has 0 aliphatic carbocycles. The molecule has 2 aromatic rings. The Bertz CT molecular complexity index is 539. The zero-order valence-electron chi connectivity index (χ0n) is 10.6. The monoisotopic (exact) mass is 263 g/mol. The molecule has 0 saturated carbocycles. The van der Waals surface area contributed by atoms with Crippen molar-refractivity contribution in [1.82, 2.24) is 20.2 Å². The number of likely N-dealkylation sites (N-methyl/N-ethyl adjacent to an activating group) is 1. The third kappa shape index (κ3) is 2.11. The second-order valence-electron chi connectivity index (χ2n) is 4.92. The summed E-state index contributed by atoms with van der Waals surface area (Å²) < 4.78 is 0. The number of nitrogens with one attached hydrogen (secondary N) is 1. The Labute approximate surface area is 111 Å². The van der Waals surface area contributed by atoms with E-state index in [9.17, 15) is 0 Å². The third-order valence-electron chi connectivity index (χ3n) is 3.41. The number of hydrogen-bond donors (Lipinski definition) is 1. The van der Waals surface area contributed by atoms with E-state index in [0.29, 0.717) is 0 Å². The Morgan fingerprint density at radius 1 is 1.44 bits per heavy atom. The van der Waals surface area contributed by atoms with Gasteiger partial charge in [0.2, 0.25) is 0 Å². The van der Waals surface area contributed by atoms with Crippen molar-refractivity contribution in [3.63, 3.8) is 0 Å². The molecule has 18 heavy (non-hydrogen) atoms. The number of benzene rings is 1. The van der Waals surface area contributed by atoms with E-state index in [0.717, 1.165) is 47.1 Å². The van der Waals surface area contributed by atoms with Gasteiger partial charge < -0.3 is 9.88 Å². The van der Waals surface area contributed by atoms with E-state index in [1.165, 1.54) is 0 Å². The minimum absolute atomic E-state index is 0.148. The summed E-state index contributed by atoms with van der Waals surface area (Å²) >= 11 is 6.12. The molecule has 1 saturated heterocycles. The number of fused-ring (bicyclic) bond motifs is 1.